The second kappa shape index (κ2) is 13.5. The maximum absolute atomic E-state index is 13.0. The number of aliphatic hydroxyl groups is 1. The molecule has 226 valence electrons. The van der Waals surface area contributed by atoms with Crippen LogP contribution in [-0.4, -0.2) is 58.2 Å². The second-order valence-corrected chi connectivity index (χ2v) is 10.8. The number of halogens is 2. The summed E-state index contributed by atoms with van der Waals surface area (Å²) in [5.74, 6) is -0.317. The van der Waals surface area contributed by atoms with Crippen LogP contribution < -0.4 is 20.9 Å². The van der Waals surface area contributed by atoms with Crippen molar-refractivity contribution in [2.24, 2.45) is 7.05 Å². The fourth-order valence-corrected chi connectivity index (χ4v) is 5.52. The van der Waals surface area contributed by atoms with E-state index in [9.17, 15) is 20.0 Å². The highest BCUT2D eigenvalue weighted by Crippen LogP contribution is 2.41. The Morgan fingerprint density at radius 3 is 2.61 bits per heavy atom. The maximum Gasteiger partial charge on any atom is 0.279 e. The zero-order valence-corrected chi connectivity index (χ0v) is 25.3. The molecule has 11 nitrogen and oxygen atoms in total. The molecule has 4 aromatic rings. The number of carbonyl (C=O) groups excluding carboxylic acids is 1. The van der Waals surface area contributed by atoms with E-state index in [2.05, 4.69) is 15.7 Å². The molecule has 2 aromatic heterocycles. The lowest BCUT2D eigenvalue weighted by Gasteiger charge is -2.28. The fourth-order valence-electron chi connectivity index (χ4n) is 4.92. The number of anilines is 1. The third kappa shape index (κ3) is 6.45. The number of aromatic nitrogens is 3. The molecular weight excluding hydrogens is 607 g/mol. The van der Waals surface area contributed by atoms with Crippen LogP contribution in [-0.2, 0) is 18.3 Å². The third-order valence-corrected chi connectivity index (χ3v) is 8.06. The lowest BCUT2D eigenvalue weighted by Crippen LogP contribution is -2.46. The first-order chi connectivity index (χ1) is 21.2. The van der Waals surface area contributed by atoms with Gasteiger partial charge in [0.2, 0.25) is 5.88 Å². The summed E-state index contributed by atoms with van der Waals surface area (Å²) >= 11 is 13.7. The van der Waals surface area contributed by atoms with E-state index in [1.165, 1.54) is 7.05 Å². The number of nitrogens with zero attached hydrogens (tertiary/aromatic N) is 4. The van der Waals surface area contributed by atoms with E-state index < -0.39 is 17.6 Å². The van der Waals surface area contributed by atoms with E-state index in [-0.39, 0.29) is 28.0 Å². The van der Waals surface area contributed by atoms with Gasteiger partial charge < -0.3 is 25.2 Å². The molecule has 0 radical (unpaired) electrons. The van der Waals surface area contributed by atoms with Crippen LogP contribution in [0.2, 0.25) is 10.0 Å². The van der Waals surface area contributed by atoms with E-state index in [4.69, 9.17) is 37.7 Å². The summed E-state index contributed by atoms with van der Waals surface area (Å²) in [6.07, 6.45) is 0.122. The molecule has 1 saturated heterocycles. The van der Waals surface area contributed by atoms with Crippen LogP contribution in [0.5, 0.6) is 5.88 Å². The fraction of sp³-hybridized carbons (Fsp3) is 0.258. The number of benzene rings is 2. The van der Waals surface area contributed by atoms with E-state index >= 15 is 0 Å². The number of pyridine rings is 1. The number of methoxy groups -OCH3 is 1. The maximum atomic E-state index is 13.0. The molecule has 2 aromatic carbocycles. The van der Waals surface area contributed by atoms with Gasteiger partial charge in [-0.2, -0.15) is 10.4 Å². The normalized spacial score (nSPS) is 16.3. The van der Waals surface area contributed by atoms with Gasteiger partial charge in [0, 0.05) is 48.5 Å². The van der Waals surface area contributed by atoms with E-state index in [0.717, 1.165) is 16.3 Å². The molecule has 0 spiro atoms. The second-order valence-electron chi connectivity index (χ2n) is 10.1. The minimum atomic E-state index is -0.736. The summed E-state index contributed by atoms with van der Waals surface area (Å²) in [6, 6.07) is 17.1. The van der Waals surface area contributed by atoms with Crippen LogP contribution in [0.4, 0.5) is 5.69 Å². The van der Waals surface area contributed by atoms with Crippen molar-refractivity contribution < 1.29 is 19.4 Å². The summed E-state index contributed by atoms with van der Waals surface area (Å²) in [5, 5.41) is 29.8. The zero-order valence-electron chi connectivity index (χ0n) is 23.8. The third-order valence-electron chi connectivity index (χ3n) is 7.25. The summed E-state index contributed by atoms with van der Waals surface area (Å²) in [4.78, 5) is 30.2. The SMILES string of the molecule is COc1nc(-c2cccc(-c3cccc(NC(=O)c4cc(C#N)nn(C)c4=O)c3Cl)c2Cl)ccc1CNC1CCOCC1O. The highest BCUT2D eigenvalue weighted by atomic mass is 35.5. The quantitative estimate of drug-likeness (QED) is 0.259. The summed E-state index contributed by atoms with van der Waals surface area (Å²) in [5.41, 5.74) is 2.44. The van der Waals surface area contributed by atoms with Gasteiger partial charge in [-0.3, -0.25) is 9.59 Å². The molecular formula is C31H28Cl2N6O5. The Morgan fingerprint density at radius 2 is 1.89 bits per heavy atom. The van der Waals surface area contributed by atoms with Crippen LogP contribution in [0.15, 0.2) is 59.4 Å². The molecule has 44 heavy (non-hydrogen) atoms. The van der Waals surface area contributed by atoms with E-state index in [1.54, 1.807) is 31.4 Å². The molecule has 3 heterocycles. The summed E-state index contributed by atoms with van der Waals surface area (Å²) < 4.78 is 11.8. The Kier molecular flexibility index (Phi) is 9.58. The minimum Gasteiger partial charge on any atom is -0.481 e. The Hall–Kier alpha value is -4.31. The van der Waals surface area contributed by atoms with Crippen LogP contribution in [0.3, 0.4) is 0 Å². The molecule has 2 unspecified atom stereocenters. The lowest BCUT2D eigenvalue weighted by molar-refractivity contribution is -0.0281. The van der Waals surface area contributed by atoms with Gasteiger partial charge in [0.1, 0.15) is 11.6 Å². The Balaban J connectivity index is 1.42. The van der Waals surface area contributed by atoms with Gasteiger partial charge >= 0.3 is 0 Å². The molecule has 0 aliphatic carbocycles. The first-order valence-corrected chi connectivity index (χ1v) is 14.4. The topological polar surface area (TPSA) is 151 Å². The molecule has 1 aliphatic rings. The number of nitriles is 1. The van der Waals surface area contributed by atoms with Crippen molar-refractivity contribution in [1.82, 2.24) is 20.1 Å². The molecule has 2 atom stereocenters. The van der Waals surface area contributed by atoms with Crippen LogP contribution in [0, 0.1) is 11.3 Å². The largest absolute Gasteiger partial charge is 0.481 e. The van der Waals surface area contributed by atoms with Crippen molar-refractivity contribution >= 4 is 34.8 Å². The number of hydrogen-bond donors (Lipinski definition) is 3. The number of amides is 1. The smallest absolute Gasteiger partial charge is 0.279 e. The number of aliphatic hydroxyl groups excluding tert-OH is 1. The van der Waals surface area contributed by atoms with Gasteiger partial charge in [0.15, 0.2) is 5.69 Å². The van der Waals surface area contributed by atoms with Gasteiger partial charge in [-0.1, -0.05) is 59.6 Å². The average molecular weight is 636 g/mol. The number of aryl methyl sites for hydroxylation is 1. The highest BCUT2D eigenvalue weighted by Gasteiger charge is 2.24. The molecule has 1 amide bonds. The lowest BCUT2D eigenvalue weighted by atomic mass is 10.00. The molecule has 1 fully saturated rings. The van der Waals surface area contributed by atoms with Gasteiger partial charge in [0.25, 0.3) is 11.5 Å². The van der Waals surface area contributed by atoms with Crippen LogP contribution >= 0.6 is 23.2 Å². The van der Waals surface area contributed by atoms with Crippen molar-refractivity contribution in [3.8, 4) is 34.3 Å². The number of nitrogens with one attached hydrogen (secondary N) is 2. The standard InChI is InChI=1S/C31H28Cl2N6O5/c1-39-31(42)22(13-18(14-34)38-39)29(41)36-25-8-4-6-20(28(25)33)19-5-3-7-21(27(19)32)23-10-9-17(30(37-23)43-2)15-35-24-11-12-44-16-26(24)40/h3-10,13,24,26,35,40H,11-12,15-16H2,1-2H3,(H,36,41). The number of rotatable bonds is 8. The van der Waals surface area contributed by atoms with Gasteiger partial charge in [-0.15, -0.1) is 0 Å². The predicted molar refractivity (Wildman–Crippen MR) is 166 cm³/mol. The average Bonchev–Trinajstić information content (AvgIpc) is 3.03. The van der Waals surface area contributed by atoms with Gasteiger partial charge in [-0.25, -0.2) is 9.67 Å². The molecule has 13 heteroatoms. The van der Waals surface area contributed by atoms with Crippen molar-refractivity contribution in [3.05, 3.63) is 91.8 Å². The van der Waals surface area contributed by atoms with E-state index in [0.29, 0.717) is 59.5 Å². The Labute approximate surface area is 263 Å². The van der Waals surface area contributed by atoms with Gasteiger partial charge in [0.05, 0.1) is 41.2 Å². The predicted octanol–water partition coefficient (Wildman–Crippen LogP) is 4.19. The van der Waals surface area contributed by atoms with E-state index in [1.807, 2.05) is 30.3 Å². The van der Waals surface area contributed by atoms with Crippen molar-refractivity contribution in [2.45, 2.75) is 25.1 Å². The number of ether oxygens (including phenoxy) is 2. The van der Waals surface area contributed by atoms with Gasteiger partial charge in [-0.05, 0) is 24.6 Å². The molecule has 3 N–H and O–H groups in total. The number of hydrogen-bond acceptors (Lipinski definition) is 9. The molecule has 0 bridgehead atoms. The summed E-state index contributed by atoms with van der Waals surface area (Å²) in [7, 11) is 2.90. The minimum absolute atomic E-state index is 0.0756. The molecule has 0 saturated carbocycles. The summed E-state index contributed by atoms with van der Waals surface area (Å²) in [6.45, 7) is 1.34. The molecule has 1 aliphatic heterocycles. The van der Waals surface area contributed by atoms with Crippen LogP contribution in [0.25, 0.3) is 22.4 Å². The number of carbonyl (C=O) groups is 1. The first kappa shape index (κ1) is 31.1. The van der Waals surface area contributed by atoms with Crippen molar-refractivity contribution in [3.63, 3.8) is 0 Å². The Bertz CT molecular complexity index is 1820. The van der Waals surface area contributed by atoms with Crippen LogP contribution in [0.1, 0.15) is 28.0 Å². The first-order valence-electron chi connectivity index (χ1n) is 13.6. The Morgan fingerprint density at radius 1 is 1.16 bits per heavy atom. The zero-order chi connectivity index (χ0) is 31.4. The highest BCUT2D eigenvalue weighted by molar-refractivity contribution is 6.39. The van der Waals surface area contributed by atoms with Crippen molar-refractivity contribution in [2.75, 3.05) is 25.6 Å². The molecule has 5 rings (SSSR count). The monoisotopic (exact) mass is 634 g/mol. The van der Waals surface area contributed by atoms with Crippen molar-refractivity contribution in [1.29, 1.82) is 5.26 Å².